The highest BCUT2D eigenvalue weighted by Crippen LogP contribution is 2.35. The van der Waals surface area contributed by atoms with Gasteiger partial charge < -0.3 is 9.64 Å². The van der Waals surface area contributed by atoms with E-state index in [1.165, 1.54) is 12.8 Å². The number of carbonyl (C=O) groups excluding carboxylic acids is 1. The van der Waals surface area contributed by atoms with Crippen molar-refractivity contribution in [3.63, 3.8) is 0 Å². The van der Waals surface area contributed by atoms with Crippen molar-refractivity contribution in [2.45, 2.75) is 19.4 Å². The lowest BCUT2D eigenvalue weighted by Gasteiger charge is -2.17. The third-order valence-electron chi connectivity index (χ3n) is 5.30. The lowest BCUT2D eigenvalue weighted by atomic mass is 10.2. The van der Waals surface area contributed by atoms with E-state index in [2.05, 4.69) is 63.2 Å². The Morgan fingerprint density at radius 3 is 2.24 bits per heavy atom. The van der Waals surface area contributed by atoms with Gasteiger partial charge in [0.15, 0.2) is 0 Å². The first-order chi connectivity index (χ1) is 16.0. The fourth-order valence-electron chi connectivity index (χ4n) is 3.56. The zero-order valence-electron chi connectivity index (χ0n) is 17.7. The summed E-state index contributed by atoms with van der Waals surface area (Å²) in [6, 6.07) is 19.4. The Hall–Kier alpha value is -2.16. The maximum absolute atomic E-state index is 12.4. The molecule has 0 aliphatic carbocycles. The van der Waals surface area contributed by atoms with Crippen molar-refractivity contribution in [3.8, 4) is 5.75 Å². The zero-order chi connectivity index (χ0) is 23.2. The van der Waals surface area contributed by atoms with Crippen LogP contribution in [-0.4, -0.2) is 25.2 Å². The summed E-state index contributed by atoms with van der Waals surface area (Å²) in [5.74, 6) is 0.462. The first-order valence-corrected chi connectivity index (χ1v) is 12.9. The number of hydrazone groups is 1. The molecule has 8 heteroatoms. The summed E-state index contributed by atoms with van der Waals surface area (Å²) in [7, 11) is 0. The number of nitrogens with zero attached hydrogens (tertiary/aromatic N) is 2. The van der Waals surface area contributed by atoms with E-state index < -0.39 is 0 Å². The van der Waals surface area contributed by atoms with Crippen LogP contribution >= 0.6 is 47.8 Å². The predicted molar refractivity (Wildman–Crippen MR) is 143 cm³/mol. The molecule has 4 rings (SSSR count). The standard InChI is InChI=1S/C25H22Br3N3O2/c26-20-7-3-17(4-8-20)16-33-24-22(27)13-18(14-23(24)28)15-29-30-25(32)19-5-9-21(10-6-19)31-11-1-2-12-31/h3-10,13-15H,1-2,11-12,16H2,(H,30,32)/b29-15-. The monoisotopic (exact) mass is 633 g/mol. The maximum atomic E-state index is 12.4. The average molecular weight is 636 g/mol. The molecule has 33 heavy (non-hydrogen) atoms. The van der Waals surface area contributed by atoms with Gasteiger partial charge in [0.2, 0.25) is 0 Å². The van der Waals surface area contributed by atoms with Crippen molar-refractivity contribution in [1.29, 1.82) is 0 Å². The van der Waals surface area contributed by atoms with Gasteiger partial charge in [0.05, 0.1) is 15.2 Å². The van der Waals surface area contributed by atoms with Crippen LogP contribution in [0.4, 0.5) is 5.69 Å². The molecular formula is C25H22Br3N3O2. The Morgan fingerprint density at radius 2 is 1.61 bits per heavy atom. The Kier molecular flexibility index (Phi) is 8.22. The molecule has 1 heterocycles. The summed E-state index contributed by atoms with van der Waals surface area (Å²) in [5.41, 5.74) is 6.21. The van der Waals surface area contributed by atoms with E-state index in [1.807, 2.05) is 60.7 Å². The SMILES string of the molecule is O=C(N/N=C\c1cc(Br)c(OCc2ccc(Br)cc2)c(Br)c1)c1ccc(N2CCCC2)cc1. The molecule has 3 aromatic rings. The summed E-state index contributed by atoms with van der Waals surface area (Å²) in [6.07, 6.45) is 4.05. The number of carbonyl (C=O) groups is 1. The van der Waals surface area contributed by atoms with Crippen molar-refractivity contribution in [3.05, 3.63) is 90.8 Å². The molecule has 0 atom stereocenters. The normalized spacial score (nSPS) is 13.5. The third-order valence-corrected chi connectivity index (χ3v) is 7.00. The molecule has 1 N–H and O–H groups in total. The van der Waals surface area contributed by atoms with Gasteiger partial charge in [-0.05, 0) is 104 Å². The van der Waals surface area contributed by atoms with Crippen LogP contribution in [0.1, 0.15) is 34.3 Å². The minimum Gasteiger partial charge on any atom is -0.487 e. The molecule has 3 aromatic carbocycles. The van der Waals surface area contributed by atoms with Crippen LogP contribution < -0.4 is 15.1 Å². The van der Waals surface area contributed by atoms with Crippen LogP contribution in [0.15, 0.2) is 79.2 Å². The summed E-state index contributed by atoms with van der Waals surface area (Å²) in [4.78, 5) is 14.8. The molecule has 170 valence electrons. The van der Waals surface area contributed by atoms with Crippen LogP contribution in [0, 0.1) is 0 Å². The van der Waals surface area contributed by atoms with E-state index in [4.69, 9.17) is 4.74 Å². The molecule has 0 unspecified atom stereocenters. The van der Waals surface area contributed by atoms with Gasteiger partial charge in [-0.3, -0.25) is 4.79 Å². The predicted octanol–water partition coefficient (Wildman–Crippen LogP) is 6.92. The van der Waals surface area contributed by atoms with E-state index in [9.17, 15) is 4.79 Å². The first kappa shape index (κ1) is 24.0. The number of ether oxygens (including phenoxy) is 1. The number of nitrogens with one attached hydrogen (secondary N) is 1. The second-order valence-electron chi connectivity index (χ2n) is 7.67. The molecule has 0 saturated carbocycles. The molecule has 0 spiro atoms. The van der Waals surface area contributed by atoms with Crippen molar-refractivity contribution in [2.75, 3.05) is 18.0 Å². The molecule has 5 nitrogen and oxygen atoms in total. The lowest BCUT2D eigenvalue weighted by molar-refractivity contribution is 0.0955. The van der Waals surface area contributed by atoms with E-state index >= 15 is 0 Å². The van der Waals surface area contributed by atoms with Crippen LogP contribution in [0.5, 0.6) is 5.75 Å². The third kappa shape index (κ3) is 6.46. The lowest BCUT2D eigenvalue weighted by Crippen LogP contribution is -2.19. The number of amides is 1. The molecule has 0 aromatic heterocycles. The molecule has 1 aliphatic rings. The second-order valence-corrected chi connectivity index (χ2v) is 10.3. The Balaban J connectivity index is 1.34. The van der Waals surface area contributed by atoms with E-state index in [1.54, 1.807) is 6.21 Å². The first-order valence-electron chi connectivity index (χ1n) is 10.5. The average Bonchev–Trinajstić information content (AvgIpc) is 3.35. The Bertz CT molecular complexity index is 1120. The molecule has 0 radical (unpaired) electrons. The number of hydrogen-bond donors (Lipinski definition) is 1. The van der Waals surface area contributed by atoms with Crippen LogP contribution in [0.2, 0.25) is 0 Å². The van der Waals surface area contributed by atoms with Crippen molar-refractivity contribution < 1.29 is 9.53 Å². The summed E-state index contributed by atoms with van der Waals surface area (Å²) < 4.78 is 8.58. The molecule has 1 aliphatic heterocycles. The van der Waals surface area contributed by atoms with Crippen molar-refractivity contribution >= 4 is 65.6 Å². The topological polar surface area (TPSA) is 53.9 Å². The van der Waals surface area contributed by atoms with Gasteiger partial charge in [0.25, 0.3) is 5.91 Å². The fourth-order valence-corrected chi connectivity index (χ4v) is 5.27. The van der Waals surface area contributed by atoms with E-state index in [-0.39, 0.29) is 5.91 Å². The minimum absolute atomic E-state index is 0.244. The summed E-state index contributed by atoms with van der Waals surface area (Å²) >= 11 is 10.6. The smallest absolute Gasteiger partial charge is 0.271 e. The molecular weight excluding hydrogens is 614 g/mol. The van der Waals surface area contributed by atoms with Gasteiger partial charge in [-0.1, -0.05) is 28.1 Å². The van der Waals surface area contributed by atoms with Crippen LogP contribution in [-0.2, 0) is 6.61 Å². The van der Waals surface area contributed by atoms with Crippen molar-refractivity contribution in [1.82, 2.24) is 5.43 Å². The van der Waals surface area contributed by atoms with Gasteiger partial charge in [0, 0.05) is 28.8 Å². The quantitative estimate of drug-likeness (QED) is 0.227. The van der Waals surface area contributed by atoms with Gasteiger partial charge in [-0.2, -0.15) is 5.10 Å². The molecule has 1 amide bonds. The highest BCUT2D eigenvalue weighted by molar-refractivity contribution is 9.11. The van der Waals surface area contributed by atoms with Gasteiger partial charge in [0.1, 0.15) is 12.4 Å². The van der Waals surface area contributed by atoms with E-state index in [0.717, 1.165) is 43.3 Å². The van der Waals surface area contributed by atoms with Crippen LogP contribution in [0.3, 0.4) is 0 Å². The highest BCUT2D eigenvalue weighted by atomic mass is 79.9. The highest BCUT2D eigenvalue weighted by Gasteiger charge is 2.13. The van der Waals surface area contributed by atoms with Crippen LogP contribution in [0.25, 0.3) is 0 Å². The zero-order valence-corrected chi connectivity index (χ0v) is 22.5. The summed E-state index contributed by atoms with van der Waals surface area (Å²) in [6.45, 7) is 2.61. The Labute approximate surface area is 218 Å². The fraction of sp³-hybridized carbons (Fsp3) is 0.200. The second kappa shape index (κ2) is 11.3. The van der Waals surface area contributed by atoms with Gasteiger partial charge >= 0.3 is 0 Å². The minimum atomic E-state index is -0.244. The van der Waals surface area contributed by atoms with E-state index in [0.29, 0.717) is 17.9 Å². The number of anilines is 1. The number of halogens is 3. The maximum Gasteiger partial charge on any atom is 0.271 e. The number of rotatable bonds is 7. The number of benzene rings is 3. The van der Waals surface area contributed by atoms with Crippen molar-refractivity contribution in [2.24, 2.45) is 5.10 Å². The van der Waals surface area contributed by atoms with Gasteiger partial charge in [-0.15, -0.1) is 0 Å². The largest absolute Gasteiger partial charge is 0.487 e. The number of hydrogen-bond acceptors (Lipinski definition) is 4. The molecule has 1 fully saturated rings. The Morgan fingerprint density at radius 1 is 0.970 bits per heavy atom. The van der Waals surface area contributed by atoms with Gasteiger partial charge in [-0.25, -0.2) is 5.43 Å². The molecule has 0 bridgehead atoms. The summed E-state index contributed by atoms with van der Waals surface area (Å²) in [5, 5.41) is 4.11. The molecule has 1 saturated heterocycles.